The van der Waals surface area contributed by atoms with Crippen molar-refractivity contribution in [2.45, 2.75) is 58.4 Å². The van der Waals surface area contributed by atoms with Crippen LogP contribution in [0.2, 0.25) is 0 Å². The smallest absolute Gasteiger partial charge is 0.253 e. The summed E-state index contributed by atoms with van der Waals surface area (Å²) in [5.74, 6) is -0.0796. The summed E-state index contributed by atoms with van der Waals surface area (Å²) in [5, 5.41) is 6.50. The first-order valence-electron chi connectivity index (χ1n) is 10.1. The summed E-state index contributed by atoms with van der Waals surface area (Å²) in [5.41, 5.74) is 1.22. The third-order valence-electron chi connectivity index (χ3n) is 5.14. The molecular formula is C21H33N3O2. The van der Waals surface area contributed by atoms with Crippen LogP contribution in [0.4, 0.5) is 0 Å². The minimum absolute atomic E-state index is 0.00885. The quantitative estimate of drug-likeness (QED) is 0.553. The summed E-state index contributed by atoms with van der Waals surface area (Å²) >= 11 is 0. The van der Waals surface area contributed by atoms with Gasteiger partial charge in [0.2, 0.25) is 0 Å². The lowest BCUT2D eigenvalue weighted by atomic mass is 10.1. The number of rotatable bonds is 8. The third kappa shape index (κ3) is 6.13. The summed E-state index contributed by atoms with van der Waals surface area (Å²) in [4.78, 5) is 26.3. The van der Waals surface area contributed by atoms with Gasteiger partial charge in [0.1, 0.15) is 0 Å². The molecular weight excluding hydrogens is 326 g/mol. The van der Waals surface area contributed by atoms with Crippen LogP contribution in [0.3, 0.4) is 0 Å². The first kappa shape index (κ1) is 20.4. The molecule has 0 aliphatic heterocycles. The van der Waals surface area contributed by atoms with Crippen molar-refractivity contribution in [3.05, 3.63) is 35.4 Å². The van der Waals surface area contributed by atoms with E-state index in [9.17, 15) is 9.59 Å². The molecule has 0 aromatic heterocycles. The van der Waals surface area contributed by atoms with Crippen molar-refractivity contribution >= 4 is 11.8 Å². The first-order chi connectivity index (χ1) is 12.7. The molecule has 5 nitrogen and oxygen atoms in total. The van der Waals surface area contributed by atoms with Crippen molar-refractivity contribution in [2.24, 2.45) is 0 Å². The van der Waals surface area contributed by atoms with E-state index in [4.69, 9.17) is 0 Å². The summed E-state index contributed by atoms with van der Waals surface area (Å²) < 4.78 is 0. The van der Waals surface area contributed by atoms with Gasteiger partial charge in [-0.05, 0) is 51.0 Å². The Hall–Kier alpha value is -1.88. The number of nitrogens with one attached hydrogen (secondary N) is 2. The Kier molecular flexibility index (Phi) is 8.62. The van der Waals surface area contributed by atoms with E-state index in [0.717, 1.165) is 6.54 Å². The lowest BCUT2D eigenvalue weighted by Gasteiger charge is -2.18. The first-order valence-corrected chi connectivity index (χ1v) is 10.1. The van der Waals surface area contributed by atoms with Gasteiger partial charge in [-0.25, -0.2) is 0 Å². The van der Waals surface area contributed by atoms with Crippen LogP contribution in [0.1, 0.15) is 73.1 Å². The lowest BCUT2D eigenvalue weighted by molar-refractivity contribution is 0.0772. The van der Waals surface area contributed by atoms with Crippen LogP contribution in [-0.2, 0) is 0 Å². The Balaban J connectivity index is 1.76. The fraction of sp³-hybridized carbons (Fsp3) is 0.619. The van der Waals surface area contributed by atoms with E-state index in [1.54, 1.807) is 29.2 Å². The van der Waals surface area contributed by atoms with E-state index < -0.39 is 0 Å². The van der Waals surface area contributed by atoms with Gasteiger partial charge in [0.25, 0.3) is 11.8 Å². The molecule has 2 amide bonds. The van der Waals surface area contributed by atoms with Crippen LogP contribution < -0.4 is 10.6 Å². The zero-order valence-corrected chi connectivity index (χ0v) is 16.2. The maximum atomic E-state index is 12.3. The van der Waals surface area contributed by atoms with Crippen LogP contribution in [0.25, 0.3) is 0 Å². The average Bonchev–Trinajstić information content (AvgIpc) is 2.95. The topological polar surface area (TPSA) is 61.4 Å². The molecule has 1 aromatic rings. The molecule has 5 heteroatoms. The predicted octanol–water partition coefficient (Wildman–Crippen LogP) is 3.21. The Labute approximate surface area is 157 Å². The standard InChI is InChI=1S/C21H33N3O2/c1-3-24(4-2)21(26)18-13-11-17(12-14-18)20(25)23-16-15-22-19-9-7-5-6-8-10-19/h11-14,19,22H,3-10,15-16H2,1-2H3,(H,23,25). The third-order valence-corrected chi connectivity index (χ3v) is 5.14. The van der Waals surface area contributed by atoms with E-state index >= 15 is 0 Å². The zero-order valence-electron chi connectivity index (χ0n) is 16.2. The molecule has 0 spiro atoms. The number of hydrogen-bond donors (Lipinski definition) is 2. The van der Waals surface area contributed by atoms with Gasteiger partial charge in [0.05, 0.1) is 0 Å². The van der Waals surface area contributed by atoms with E-state index in [1.807, 2.05) is 13.8 Å². The Morgan fingerprint density at radius 2 is 1.50 bits per heavy atom. The molecule has 144 valence electrons. The van der Waals surface area contributed by atoms with Crippen LogP contribution in [0, 0.1) is 0 Å². The van der Waals surface area contributed by atoms with E-state index in [-0.39, 0.29) is 11.8 Å². The van der Waals surface area contributed by atoms with Crippen molar-refractivity contribution in [3.8, 4) is 0 Å². The fourth-order valence-electron chi connectivity index (χ4n) is 3.50. The van der Waals surface area contributed by atoms with Crippen LogP contribution in [0.5, 0.6) is 0 Å². The van der Waals surface area contributed by atoms with Crippen molar-refractivity contribution < 1.29 is 9.59 Å². The summed E-state index contributed by atoms with van der Waals surface area (Å²) in [6.07, 6.45) is 7.81. The van der Waals surface area contributed by atoms with Crippen molar-refractivity contribution in [1.29, 1.82) is 0 Å². The monoisotopic (exact) mass is 359 g/mol. The van der Waals surface area contributed by atoms with Crippen LogP contribution in [-0.4, -0.2) is 48.9 Å². The number of benzene rings is 1. The lowest BCUT2D eigenvalue weighted by Crippen LogP contribution is -2.36. The van der Waals surface area contributed by atoms with E-state index in [2.05, 4.69) is 10.6 Å². The van der Waals surface area contributed by atoms with Crippen LogP contribution >= 0.6 is 0 Å². The molecule has 1 aliphatic rings. The minimum Gasteiger partial charge on any atom is -0.351 e. The molecule has 0 bridgehead atoms. The second-order valence-electron chi connectivity index (χ2n) is 6.95. The molecule has 0 unspecified atom stereocenters. The summed E-state index contributed by atoms with van der Waals surface area (Å²) in [7, 11) is 0. The molecule has 26 heavy (non-hydrogen) atoms. The molecule has 0 saturated heterocycles. The molecule has 2 N–H and O–H groups in total. The number of hydrogen-bond acceptors (Lipinski definition) is 3. The number of carbonyl (C=O) groups excluding carboxylic acids is 2. The highest BCUT2D eigenvalue weighted by atomic mass is 16.2. The van der Waals surface area contributed by atoms with Gasteiger partial charge in [-0.2, -0.15) is 0 Å². The molecule has 0 heterocycles. The normalized spacial score (nSPS) is 15.3. The Morgan fingerprint density at radius 1 is 0.923 bits per heavy atom. The second-order valence-corrected chi connectivity index (χ2v) is 6.95. The second kappa shape index (κ2) is 11.0. The summed E-state index contributed by atoms with van der Waals surface area (Å²) in [6, 6.07) is 7.52. The molecule has 1 aromatic carbocycles. The Bertz CT molecular complexity index is 559. The average molecular weight is 360 g/mol. The van der Waals surface area contributed by atoms with Gasteiger partial charge >= 0.3 is 0 Å². The minimum atomic E-state index is -0.0884. The summed E-state index contributed by atoms with van der Waals surface area (Å²) in [6.45, 7) is 6.72. The number of amides is 2. The van der Waals surface area contributed by atoms with Gasteiger partial charge in [-0.3, -0.25) is 9.59 Å². The molecule has 1 fully saturated rings. The number of nitrogens with zero attached hydrogens (tertiary/aromatic N) is 1. The van der Waals surface area contributed by atoms with E-state index in [1.165, 1.54) is 38.5 Å². The largest absolute Gasteiger partial charge is 0.351 e. The SMILES string of the molecule is CCN(CC)C(=O)c1ccc(C(=O)NCCNC2CCCCCC2)cc1. The zero-order chi connectivity index (χ0) is 18.8. The molecule has 0 atom stereocenters. The van der Waals surface area contributed by atoms with E-state index in [0.29, 0.717) is 36.8 Å². The highest BCUT2D eigenvalue weighted by Gasteiger charge is 2.14. The highest BCUT2D eigenvalue weighted by molar-refractivity contribution is 5.97. The van der Waals surface area contributed by atoms with Gasteiger partial charge in [0, 0.05) is 43.3 Å². The molecule has 1 aliphatic carbocycles. The van der Waals surface area contributed by atoms with Crippen molar-refractivity contribution in [3.63, 3.8) is 0 Å². The van der Waals surface area contributed by atoms with Crippen LogP contribution in [0.15, 0.2) is 24.3 Å². The predicted molar refractivity (Wildman–Crippen MR) is 106 cm³/mol. The molecule has 1 saturated carbocycles. The highest BCUT2D eigenvalue weighted by Crippen LogP contribution is 2.16. The number of carbonyl (C=O) groups is 2. The Morgan fingerprint density at radius 3 is 2.08 bits per heavy atom. The molecule has 2 rings (SSSR count). The van der Waals surface area contributed by atoms with Crippen molar-refractivity contribution in [2.75, 3.05) is 26.2 Å². The van der Waals surface area contributed by atoms with Gasteiger partial charge in [-0.15, -0.1) is 0 Å². The maximum Gasteiger partial charge on any atom is 0.253 e. The van der Waals surface area contributed by atoms with Gasteiger partial charge in [0.15, 0.2) is 0 Å². The van der Waals surface area contributed by atoms with Crippen molar-refractivity contribution in [1.82, 2.24) is 15.5 Å². The van der Waals surface area contributed by atoms with Gasteiger partial charge in [-0.1, -0.05) is 25.7 Å². The van der Waals surface area contributed by atoms with Gasteiger partial charge < -0.3 is 15.5 Å². The fourth-order valence-corrected chi connectivity index (χ4v) is 3.50. The maximum absolute atomic E-state index is 12.3. The molecule has 0 radical (unpaired) electrons.